The zero-order valence-corrected chi connectivity index (χ0v) is 9.63. The van der Waals surface area contributed by atoms with Crippen LogP contribution in [0.1, 0.15) is 40.0 Å². The molecule has 3 nitrogen and oxygen atoms in total. The van der Waals surface area contributed by atoms with Crippen molar-refractivity contribution in [2.45, 2.75) is 45.8 Å². The van der Waals surface area contributed by atoms with Crippen molar-refractivity contribution >= 4 is 5.97 Å². The molecule has 2 aliphatic rings. The van der Waals surface area contributed by atoms with Crippen LogP contribution in [0.4, 0.5) is 0 Å². The molecule has 84 valence electrons. The predicted octanol–water partition coefficient (Wildman–Crippen LogP) is 2.41. The van der Waals surface area contributed by atoms with Gasteiger partial charge in [-0.1, -0.05) is 6.92 Å². The minimum absolute atomic E-state index is 0.201. The van der Waals surface area contributed by atoms with Crippen LogP contribution >= 0.6 is 0 Å². The molecule has 0 spiro atoms. The number of fused-ring (bicyclic) bond motifs is 1. The Labute approximate surface area is 90.4 Å². The second-order valence-electron chi connectivity index (χ2n) is 4.53. The summed E-state index contributed by atoms with van der Waals surface area (Å²) >= 11 is 0. The zero-order chi connectivity index (χ0) is 11.1. The first-order valence-electron chi connectivity index (χ1n) is 5.66. The highest BCUT2D eigenvalue weighted by Crippen LogP contribution is 2.46. The van der Waals surface area contributed by atoms with Crippen molar-refractivity contribution in [2.24, 2.45) is 5.92 Å². The molecular weight excluding hydrogens is 192 g/mol. The fourth-order valence-electron chi connectivity index (χ4n) is 2.60. The molecule has 3 heteroatoms. The Morgan fingerprint density at radius 3 is 3.00 bits per heavy atom. The van der Waals surface area contributed by atoms with E-state index in [9.17, 15) is 4.79 Å². The predicted molar refractivity (Wildman–Crippen MR) is 56.2 cm³/mol. The van der Waals surface area contributed by atoms with E-state index in [-0.39, 0.29) is 5.97 Å². The van der Waals surface area contributed by atoms with E-state index < -0.39 is 5.79 Å². The summed E-state index contributed by atoms with van der Waals surface area (Å²) in [5.74, 6) is -0.361. The lowest BCUT2D eigenvalue weighted by molar-refractivity contribution is -0.211. The minimum Gasteiger partial charge on any atom is -0.426 e. The molecule has 0 aromatic carbocycles. The molecule has 2 atom stereocenters. The van der Waals surface area contributed by atoms with Crippen molar-refractivity contribution < 1.29 is 14.3 Å². The van der Waals surface area contributed by atoms with Crippen molar-refractivity contribution in [1.29, 1.82) is 0 Å². The van der Waals surface area contributed by atoms with Crippen LogP contribution < -0.4 is 0 Å². The summed E-state index contributed by atoms with van der Waals surface area (Å²) in [6.07, 6.45) is 2.86. The number of carbonyl (C=O) groups is 1. The Kier molecular flexibility index (Phi) is 2.59. The minimum atomic E-state index is -0.715. The van der Waals surface area contributed by atoms with Crippen molar-refractivity contribution in [3.05, 3.63) is 11.1 Å². The first kappa shape index (κ1) is 10.7. The van der Waals surface area contributed by atoms with E-state index in [0.717, 1.165) is 30.4 Å². The lowest BCUT2D eigenvalue weighted by atomic mass is 9.81. The maximum absolute atomic E-state index is 11.6. The van der Waals surface area contributed by atoms with Gasteiger partial charge in [-0.3, -0.25) is 0 Å². The number of ether oxygens (including phenoxy) is 2. The highest BCUT2D eigenvalue weighted by Gasteiger charge is 2.49. The molecule has 0 amide bonds. The van der Waals surface area contributed by atoms with E-state index in [1.165, 1.54) is 0 Å². The summed E-state index contributed by atoms with van der Waals surface area (Å²) in [7, 11) is 0. The van der Waals surface area contributed by atoms with Crippen molar-refractivity contribution in [3.8, 4) is 0 Å². The standard InChI is InChI=1S/C12H18O3/c1-4-14-12-7-8(2)5-6-10(12)9(3)11(13)15-12/h8H,4-7H2,1-3H3/t8-,12-/m1/s1. The van der Waals surface area contributed by atoms with Crippen LogP contribution in [0, 0.1) is 5.92 Å². The highest BCUT2D eigenvalue weighted by atomic mass is 16.7. The van der Waals surface area contributed by atoms with Crippen molar-refractivity contribution in [3.63, 3.8) is 0 Å². The van der Waals surface area contributed by atoms with Gasteiger partial charge in [0.2, 0.25) is 5.79 Å². The number of rotatable bonds is 2. The van der Waals surface area contributed by atoms with E-state index in [4.69, 9.17) is 9.47 Å². The maximum atomic E-state index is 11.6. The summed E-state index contributed by atoms with van der Waals surface area (Å²) < 4.78 is 11.1. The molecule has 0 N–H and O–H groups in total. The molecule has 0 saturated heterocycles. The Balaban J connectivity index is 2.34. The maximum Gasteiger partial charge on any atom is 0.336 e. The fraction of sp³-hybridized carbons (Fsp3) is 0.750. The normalized spacial score (nSPS) is 35.4. The monoisotopic (exact) mass is 210 g/mol. The average Bonchev–Trinajstić information content (AvgIpc) is 2.39. The van der Waals surface area contributed by atoms with Crippen LogP contribution in [0.5, 0.6) is 0 Å². The largest absolute Gasteiger partial charge is 0.426 e. The van der Waals surface area contributed by atoms with Crippen LogP contribution in [0.15, 0.2) is 11.1 Å². The molecule has 1 aliphatic carbocycles. The lowest BCUT2D eigenvalue weighted by Gasteiger charge is -2.37. The first-order chi connectivity index (χ1) is 7.09. The highest BCUT2D eigenvalue weighted by molar-refractivity contribution is 5.92. The molecule has 0 bridgehead atoms. The van der Waals surface area contributed by atoms with Gasteiger partial charge in [0.15, 0.2) is 0 Å². The summed E-state index contributed by atoms with van der Waals surface area (Å²) in [5.41, 5.74) is 1.84. The first-order valence-corrected chi connectivity index (χ1v) is 5.66. The van der Waals surface area contributed by atoms with Gasteiger partial charge in [0.05, 0.1) is 0 Å². The van der Waals surface area contributed by atoms with Gasteiger partial charge in [-0.2, -0.15) is 0 Å². The van der Waals surface area contributed by atoms with E-state index in [1.54, 1.807) is 0 Å². The number of carbonyl (C=O) groups excluding carboxylic acids is 1. The second-order valence-corrected chi connectivity index (χ2v) is 4.53. The lowest BCUT2D eigenvalue weighted by Crippen LogP contribution is -2.40. The number of hydrogen-bond donors (Lipinski definition) is 0. The summed E-state index contributed by atoms with van der Waals surface area (Å²) in [6, 6.07) is 0. The molecule has 1 fully saturated rings. The van der Waals surface area contributed by atoms with E-state index in [0.29, 0.717) is 12.5 Å². The van der Waals surface area contributed by atoms with Gasteiger partial charge in [-0.25, -0.2) is 4.79 Å². The summed E-state index contributed by atoms with van der Waals surface area (Å²) in [4.78, 5) is 11.6. The smallest absolute Gasteiger partial charge is 0.336 e. The van der Waals surface area contributed by atoms with Crippen LogP contribution in [0.3, 0.4) is 0 Å². The van der Waals surface area contributed by atoms with Crippen LogP contribution in [-0.2, 0) is 14.3 Å². The third-order valence-electron chi connectivity index (χ3n) is 3.36. The van der Waals surface area contributed by atoms with E-state index >= 15 is 0 Å². The third kappa shape index (κ3) is 1.59. The van der Waals surface area contributed by atoms with Crippen LogP contribution in [0.2, 0.25) is 0 Å². The van der Waals surface area contributed by atoms with Crippen molar-refractivity contribution in [2.75, 3.05) is 6.61 Å². The molecule has 2 rings (SSSR count). The Morgan fingerprint density at radius 2 is 2.33 bits per heavy atom. The zero-order valence-electron chi connectivity index (χ0n) is 9.63. The van der Waals surface area contributed by atoms with Gasteiger partial charge in [-0.15, -0.1) is 0 Å². The average molecular weight is 210 g/mol. The van der Waals surface area contributed by atoms with Gasteiger partial charge in [0.25, 0.3) is 0 Å². The van der Waals surface area contributed by atoms with Crippen LogP contribution in [-0.4, -0.2) is 18.4 Å². The molecule has 15 heavy (non-hydrogen) atoms. The summed E-state index contributed by atoms with van der Waals surface area (Å²) in [6.45, 7) is 6.54. The fourth-order valence-corrected chi connectivity index (χ4v) is 2.60. The molecule has 0 aromatic heterocycles. The SMILES string of the molecule is CCO[C@@]12C[C@H](C)CCC1=C(C)C(=O)O2. The Morgan fingerprint density at radius 1 is 1.60 bits per heavy atom. The topological polar surface area (TPSA) is 35.5 Å². The van der Waals surface area contributed by atoms with Gasteiger partial charge in [-0.05, 0) is 32.6 Å². The quantitative estimate of drug-likeness (QED) is 0.656. The van der Waals surface area contributed by atoms with Gasteiger partial charge < -0.3 is 9.47 Å². The molecule has 0 unspecified atom stereocenters. The van der Waals surface area contributed by atoms with Crippen LogP contribution in [0.25, 0.3) is 0 Å². The molecule has 1 heterocycles. The van der Waals surface area contributed by atoms with Gasteiger partial charge >= 0.3 is 5.97 Å². The molecular formula is C12H18O3. The molecule has 1 saturated carbocycles. The molecule has 0 radical (unpaired) electrons. The van der Waals surface area contributed by atoms with Gasteiger partial charge in [0, 0.05) is 24.2 Å². The van der Waals surface area contributed by atoms with E-state index in [1.807, 2.05) is 13.8 Å². The van der Waals surface area contributed by atoms with E-state index in [2.05, 4.69) is 6.92 Å². The molecule has 0 aromatic rings. The third-order valence-corrected chi connectivity index (χ3v) is 3.36. The second kappa shape index (κ2) is 3.63. The molecule has 1 aliphatic heterocycles. The number of hydrogen-bond acceptors (Lipinski definition) is 3. The Bertz CT molecular complexity index is 319. The summed E-state index contributed by atoms with van der Waals surface area (Å²) in [5, 5.41) is 0. The van der Waals surface area contributed by atoms with Gasteiger partial charge in [0.1, 0.15) is 0 Å². The van der Waals surface area contributed by atoms with Crippen molar-refractivity contribution in [1.82, 2.24) is 0 Å². The number of esters is 1. The Hall–Kier alpha value is -0.830.